The van der Waals surface area contributed by atoms with E-state index in [4.69, 9.17) is 22.4 Å². The normalized spacial score (nSPS) is 27.6. The maximum absolute atomic E-state index is 12.9. The topological polar surface area (TPSA) is 63.2 Å². The first-order chi connectivity index (χ1) is 12.3. The van der Waals surface area contributed by atoms with Gasteiger partial charge in [-0.1, -0.05) is 0 Å². The summed E-state index contributed by atoms with van der Waals surface area (Å²) in [6.07, 6.45) is -2.08. The molecular weight excluding hydrogens is 425 g/mol. The molecule has 1 fully saturated rings. The van der Waals surface area contributed by atoms with Crippen molar-refractivity contribution in [1.82, 2.24) is 0 Å². The number of ether oxygens (including phenoxy) is 1. The Morgan fingerprint density at radius 2 is 1.11 bits per heavy atom. The van der Waals surface area contributed by atoms with Crippen LogP contribution in [-0.4, -0.2) is 70.3 Å². The van der Waals surface area contributed by atoms with E-state index in [2.05, 4.69) is 78.6 Å². The zero-order valence-corrected chi connectivity index (χ0v) is 24.0. The molecule has 1 aliphatic rings. The van der Waals surface area contributed by atoms with Crippen molar-refractivity contribution in [3.05, 3.63) is 0 Å². The van der Waals surface area contributed by atoms with Crippen molar-refractivity contribution < 1.29 is 27.2 Å². The van der Waals surface area contributed by atoms with Crippen LogP contribution in [0.4, 0.5) is 0 Å². The highest BCUT2D eigenvalue weighted by atomic mass is 28.4. The largest absolute Gasteiger partial charge is 0.455 e. The van der Waals surface area contributed by atoms with Gasteiger partial charge in [-0.25, -0.2) is 4.79 Å². The van der Waals surface area contributed by atoms with Crippen LogP contribution in [-0.2, 0) is 27.2 Å². The molecular formula is C18H42O6Si4. The molecule has 6 nitrogen and oxygen atoms in total. The van der Waals surface area contributed by atoms with Crippen molar-refractivity contribution in [2.75, 3.05) is 6.61 Å². The van der Waals surface area contributed by atoms with E-state index in [1.54, 1.807) is 0 Å². The van der Waals surface area contributed by atoms with Crippen molar-refractivity contribution >= 4 is 39.2 Å². The average molecular weight is 467 g/mol. The highest BCUT2D eigenvalue weighted by molar-refractivity contribution is 6.71. The van der Waals surface area contributed by atoms with E-state index in [1.165, 1.54) is 0 Å². The summed E-state index contributed by atoms with van der Waals surface area (Å²) in [7, 11) is -7.66. The van der Waals surface area contributed by atoms with E-state index < -0.39 is 51.6 Å². The second kappa shape index (κ2) is 9.12. The van der Waals surface area contributed by atoms with Gasteiger partial charge in [0, 0.05) is 0 Å². The molecule has 166 valence electrons. The van der Waals surface area contributed by atoms with Crippen LogP contribution in [0.15, 0.2) is 0 Å². The van der Waals surface area contributed by atoms with Crippen LogP contribution in [0.25, 0.3) is 0 Å². The van der Waals surface area contributed by atoms with E-state index in [-0.39, 0.29) is 12.1 Å². The summed E-state index contributed by atoms with van der Waals surface area (Å²) >= 11 is 0. The number of carbonyl (C=O) groups is 1. The number of rotatable bonds is 9. The lowest BCUT2D eigenvalue weighted by molar-refractivity contribution is -0.198. The summed E-state index contributed by atoms with van der Waals surface area (Å²) in [5.41, 5.74) is 0. The van der Waals surface area contributed by atoms with Gasteiger partial charge >= 0.3 is 5.97 Å². The second-order valence-electron chi connectivity index (χ2n) is 11.4. The first-order valence-electron chi connectivity index (χ1n) is 10.2. The molecule has 0 radical (unpaired) electrons. The molecule has 1 heterocycles. The molecule has 0 N–H and O–H groups in total. The Morgan fingerprint density at radius 1 is 0.679 bits per heavy atom. The summed E-state index contributed by atoms with van der Waals surface area (Å²) in [6, 6.07) is 0. The SMILES string of the molecule is C[Si](C)(C)OC[C@@H]1OC(=O)[C@H](O[Si](C)(C)C)[C@H](O[Si](C)(C)C)[C@H]1O[Si](C)(C)C. The van der Waals surface area contributed by atoms with Crippen molar-refractivity contribution in [2.45, 2.75) is 103 Å². The number of cyclic esters (lactones) is 1. The van der Waals surface area contributed by atoms with Crippen LogP contribution in [0.1, 0.15) is 0 Å². The van der Waals surface area contributed by atoms with Crippen molar-refractivity contribution in [1.29, 1.82) is 0 Å². The van der Waals surface area contributed by atoms with Gasteiger partial charge in [-0.3, -0.25) is 0 Å². The number of hydrogen-bond acceptors (Lipinski definition) is 6. The average Bonchev–Trinajstić information content (AvgIpc) is 2.39. The Hall–Kier alpha value is 0.178. The first kappa shape index (κ1) is 26.2. The lowest BCUT2D eigenvalue weighted by Gasteiger charge is -2.47. The van der Waals surface area contributed by atoms with E-state index in [0.29, 0.717) is 6.61 Å². The van der Waals surface area contributed by atoms with Crippen LogP contribution in [0.5, 0.6) is 0 Å². The molecule has 0 aromatic heterocycles. The van der Waals surface area contributed by atoms with Crippen molar-refractivity contribution in [3.63, 3.8) is 0 Å². The van der Waals surface area contributed by atoms with Crippen molar-refractivity contribution in [3.8, 4) is 0 Å². The van der Waals surface area contributed by atoms with E-state index >= 15 is 0 Å². The van der Waals surface area contributed by atoms with Gasteiger partial charge in [-0.05, 0) is 78.6 Å². The third-order valence-corrected chi connectivity index (χ3v) is 7.58. The molecule has 0 saturated carbocycles. The second-order valence-corrected chi connectivity index (χ2v) is 29.3. The van der Waals surface area contributed by atoms with Gasteiger partial charge in [0.2, 0.25) is 0 Å². The van der Waals surface area contributed by atoms with E-state index in [1.807, 2.05) is 0 Å². The van der Waals surface area contributed by atoms with Crippen molar-refractivity contribution in [2.24, 2.45) is 0 Å². The summed E-state index contributed by atoms with van der Waals surface area (Å²) in [6.45, 7) is 25.7. The molecule has 0 aliphatic carbocycles. The molecule has 0 aromatic carbocycles. The predicted octanol–water partition coefficient (Wildman–Crippen LogP) is 4.42. The molecule has 0 bridgehead atoms. The fraction of sp³-hybridized carbons (Fsp3) is 0.944. The highest BCUT2D eigenvalue weighted by Gasteiger charge is 2.52. The van der Waals surface area contributed by atoms with Gasteiger partial charge < -0.3 is 22.4 Å². The summed E-state index contributed by atoms with van der Waals surface area (Å²) in [5.74, 6) is -0.356. The minimum atomic E-state index is -2.00. The Labute approximate surface area is 176 Å². The third-order valence-electron chi connectivity index (χ3n) is 3.63. The minimum Gasteiger partial charge on any atom is -0.455 e. The van der Waals surface area contributed by atoms with E-state index in [0.717, 1.165) is 0 Å². The Morgan fingerprint density at radius 3 is 1.50 bits per heavy atom. The maximum Gasteiger partial charge on any atom is 0.337 e. The van der Waals surface area contributed by atoms with Crippen LogP contribution in [0.3, 0.4) is 0 Å². The molecule has 1 saturated heterocycles. The Balaban J connectivity index is 3.28. The van der Waals surface area contributed by atoms with E-state index in [9.17, 15) is 4.79 Å². The Bertz CT molecular complexity index is 530. The number of hydrogen-bond donors (Lipinski definition) is 0. The number of esters is 1. The standard InChI is InChI=1S/C18H42O6Si4/c1-25(2,3)20-13-14-15(22-26(4,5)6)16(23-27(7,8)9)17(18(19)21-14)24-28(10,11)12/h14-17H,13H2,1-12H3/t14-,15-,16+,17+/m0/s1. The van der Waals surface area contributed by atoms with Gasteiger partial charge in [0.1, 0.15) is 12.2 Å². The molecule has 0 amide bonds. The minimum absolute atomic E-state index is 0.335. The smallest absolute Gasteiger partial charge is 0.337 e. The zero-order chi connectivity index (χ0) is 22.1. The highest BCUT2D eigenvalue weighted by Crippen LogP contribution is 2.31. The van der Waals surface area contributed by atoms with Crippen LogP contribution >= 0.6 is 0 Å². The summed E-state index contributed by atoms with van der Waals surface area (Å²) in [4.78, 5) is 12.9. The monoisotopic (exact) mass is 466 g/mol. The molecule has 28 heavy (non-hydrogen) atoms. The summed E-state index contributed by atoms with van der Waals surface area (Å²) < 4.78 is 31.2. The van der Waals surface area contributed by atoms with Gasteiger partial charge in [-0.15, -0.1) is 0 Å². The zero-order valence-electron chi connectivity index (χ0n) is 20.0. The molecule has 0 spiro atoms. The number of carbonyl (C=O) groups excluding carboxylic acids is 1. The van der Waals surface area contributed by atoms with Crippen LogP contribution in [0.2, 0.25) is 78.6 Å². The molecule has 0 unspecified atom stereocenters. The maximum atomic E-state index is 12.9. The third kappa shape index (κ3) is 9.79. The van der Waals surface area contributed by atoms with Crippen LogP contribution < -0.4 is 0 Å². The van der Waals surface area contributed by atoms with Gasteiger partial charge in [-0.2, -0.15) is 0 Å². The molecule has 4 atom stereocenters. The molecule has 1 rings (SSSR count). The molecule has 1 aliphatic heterocycles. The lowest BCUT2D eigenvalue weighted by atomic mass is 10.0. The fourth-order valence-corrected chi connectivity index (χ4v) is 6.68. The Kier molecular flexibility index (Phi) is 8.54. The first-order valence-corrected chi connectivity index (χ1v) is 23.8. The summed E-state index contributed by atoms with van der Waals surface area (Å²) in [5, 5.41) is 0. The quantitative estimate of drug-likeness (QED) is 0.370. The van der Waals surface area contributed by atoms with Crippen LogP contribution in [0, 0.1) is 0 Å². The van der Waals surface area contributed by atoms with Gasteiger partial charge in [0.15, 0.2) is 45.5 Å². The lowest BCUT2D eigenvalue weighted by Crippen LogP contribution is -2.64. The molecule has 10 heteroatoms. The fourth-order valence-electron chi connectivity index (χ4n) is 2.85. The van der Waals surface area contributed by atoms with Gasteiger partial charge in [0.05, 0.1) is 6.61 Å². The van der Waals surface area contributed by atoms with Gasteiger partial charge in [0.25, 0.3) is 0 Å². The molecule has 0 aromatic rings. The predicted molar refractivity (Wildman–Crippen MR) is 124 cm³/mol.